The molecule has 0 aliphatic rings. The van der Waals surface area contributed by atoms with Crippen LogP contribution in [0, 0.1) is 5.82 Å². The molecule has 114 valence electrons. The Morgan fingerprint density at radius 1 is 1.05 bits per heavy atom. The molecule has 0 fully saturated rings. The summed E-state index contributed by atoms with van der Waals surface area (Å²) in [7, 11) is 1.50. The molecule has 0 atom stereocenters. The van der Waals surface area contributed by atoms with E-state index in [1.165, 1.54) is 26.2 Å². The van der Waals surface area contributed by atoms with Crippen LogP contribution in [0.3, 0.4) is 0 Å². The number of anilines is 2. The van der Waals surface area contributed by atoms with Gasteiger partial charge < -0.3 is 15.4 Å². The molecule has 6 heteroatoms. The number of ether oxygens (including phenoxy) is 1. The lowest BCUT2D eigenvalue weighted by Gasteiger charge is -2.12. The fourth-order valence-corrected chi connectivity index (χ4v) is 1.88. The van der Waals surface area contributed by atoms with Gasteiger partial charge in [-0.25, -0.2) is 4.39 Å². The topological polar surface area (TPSA) is 67.4 Å². The van der Waals surface area contributed by atoms with Gasteiger partial charge in [0.15, 0.2) is 0 Å². The largest absolute Gasteiger partial charge is 0.497 e. The maximum Gasteiger partial charge on any atom is 0.255 e. The Kier molecular flexibility index (Phi) is 4.73. The van der Waals surface area contributed by atoms with Crippen LogP contribution in [0.15, 0.2) is 42.5 Å². The first-order valence-electron chi connectivity index (χ1n) is 6.52. The van der Waals surface area contributed by atoms with Gasteiger partial charge in [-0.15, -0.1) is 0 Å². The second-order valence-corrected chi connectivity index (χ2v) is 4.56. The maximum absolute atomic E-state index is 13.4. The summed E-state index contributed by atoms with van der Waals surface area (Å²) < 4.78 is 18.4. The molecule has 0 bridgehead atoms. The van der Waals surface area contributed by atoms with Crippen molar-refractivity contribution in [2.24, 2.45) is 0 Å². The molecule has 0 spiro atoms. The quantitative estimate of drug-likeness (QED) is 0.912. The lowest BCUT2D eigenvalue weighted by Crippen LogP contribution is -2.15. The van der Waals surface area contributed by atoms with Gasteiger partial charge in [0.2, 0.25) is 5.91 Å². The molecule has 0 radical (unpaired) electrons. The van der Waals surface area contributed by atoms with Gasteiger partial charge in [0.05, 0.1) is 18.5 Å². The molecule has 0 aliphatic heterocycles. The van der Waals surface area contributed by atoms with Crippen molar-refractivity contribution in [3.63, 3.8) is 0 Å². The molecule has 0 heterocycles. The number of nitrogens with one attached hydrogen (secondary N) is 2. The molecule has 22 heavy (non-hydrogen) atoms. The van der Waals surface area contributed by atoms with E-state index in [-0.39, 0.29) is 11.6 Å². The number of hydrogen-bond donors (Lipinski definition) is 2. The van der Waals surface area contributed by atoms with Gasteiger partial charge in [0.1, 0.15) is 11.6 Å². The lowest BCUT2D eigenvalue weighted by molar-refractivity contribution is -0.114. The van der Waals surface area contributed by atoms with Crippen molar-refractivity contribution in [3.8, 4) is 5.75 Å². The number of carbonyl (C=O) groups is 2. The third kappa shape index (κ3) is 3.82. The predicted molar refractivity (Wildman–Crippen MR) is 81.7 cm³/mol. The zero-order chi connectivity index (χ0) is 16.1. The van der Waals surface area contributed by atoms with E-state index in [9.17, 15) is 14.0 Å². The first kappa shape index (κ1) is 15.5. The first-order valence-corrected chi connectivity index (χ1v) is 6.52. The van der Waals surface area contributed by atoms with Crippen LogP contribution in [0.25, 0.3) is 0 Å². The van der Waals surface area contributed by atoms with Crippen molar-refractivity contribution in [3.05, 3.63) is 53.8 Å². The van der Waals surface area contributed by atoms with E-state index in [0.29, 0.717) is 17.0 Å². The number of hydrogen-bond acceptors (Lipinski definition) is 3. The number of methoxy groups -OCH3 is 1. The van der Waals surface area contributed by atoms with Crippen molar-refractivity contribution in [1.82, 2.24) is 0 Å². The normalized spacial score (nSPS) is 9.95. The average molecular weight is 302 g/mol. The Balaban J connectivity index is 2.27. The SMILES string of the molecule is COc1cccc(C(=O)Nc2cc(F)ccc2NC(C)=O)c1. The molecular formula is C16H15FN2O3. The minimum Gasteiger partial charge on any atom is -0.497 e. The standard InChI is InChI=1S/C16H15FN2O3/c1-10(20)18-14-7-6-12(17)9-15(14)19-16(21)11-4-3-5-13(8-11)22-2/h3-9H,1-2H3,(H,18,20)(H,19,21). The molecule has 0 saturated heterocycles. The Labute approximate surface area is 127 Å². The van der Waals surface area contributed by atoms with Crippen molar-refractivity contribution in [2.75, 3.05) is 17.7 Å². The minimum atomic E-state index is -0.518. The van der Waals surface area contributed by atoms with Crippen molar-refractivity contribution >= 4 is 23.2 Å². The Hall–Kier alpha value is -2.89. The monoisotopic (exact) mass is 302 g/mol. The summed E-state index contributed by atoms with van der Waals surface area (Å²) in [6.45, 7) is 1.33. The highest BCUT2D eigenvalue weighted by molar-refractivity contribution is 6.07. The Morgan fingerprint density at radius 3 is 2.50 bits per heavy atom. The smallest absolute Gasteiger partial charge is 0.255 e. The zero-order valence-corrected chi connectivity index (χ0v) is 12.1. The van der Waals surface area contributed by atoms with Gasteiger partial charge in [-0.1, -0.05) is 6.07 Å². The summed E-state index contributed by atoms with van der Waals surface area (Å²) >= 11 is 0. The molecule has 2 amide bonds. The molecule has 0 aromatic heterocycles. The maximum atomic E-state index is 13.4. The molecular weight excluding hydrogens is 287 g/mol. The van der Waals surface area contributed by atoms with Gasteiger partial charge in [0.25, 0.3) is 5.91 Å². The van der Waals surface area contributed by atoms with Crippen LogP contribution in [-0.4, -0.2) is 18.9 Å². The van der Waals surface area contributed by atoms with Crippen molar-refractivity contribution < 1.29 is 18.7 Å². The lowest BCUT2D eigenvalue weighted by atomic mass is 10.2. The third-order valence-electron chi connectivity index (χ3n) is 2.87. The van der Waals surface area contributed by atoms with Gasteiger partial charge >= 0.3 is 0 Å². The van der Waals surface area contributed by atoms with Crippen LogP contribution < -0.4 is 15.4 Å². The minimum absolute atomic E-state index is 0.183. The van der Waals surface area contributed by atoms with Crippen LogP contribution in [0.2, 0.25) is 0 Å². The summed E-state index contributed by atoms with van der Waals surface area (Å²) in [5, 5.41) is 5.11. The van der Waals surface area contributed by atoms with Crippen LogP contribution in [-0.2, 0) is 4.79 Å². The van der Waals surface area contributed by atoms with Crippen LogP contribution in [0.4, 0.5) is 15.8 Å². The highest BCUT2D eigenvalue weighted by Gasteiger charge is 2.11. The Morgan fingerprint density at radius 2 is 1.82 bits per heavy atom. The predicted octanol–water partition coefficient (Wildman–Crippen LogP) is 3.05. The molecule has 0 unspecified atom stereocenters. The molecule has 0 saturated carbocycles. The van der Waals surface area contributed by atoms with Crippen LogP contribution >= 0.6 is 0 Å². The molecule has 2 aromatic rings. The number of amides is 2. The van der Waals surface area contributed by atoms with E-state index in [1.807, 2.05) is 0 Å². The highest BCUT2D eigenvalue weighted by atomic mass is 19.1. The number of halogens is 1. The Bertz CT molecular complexity index is 716. The zero-order valence-electron chi connectivity index (χ0n) is 12.1. The van der Waals surface area contributed by atoms with E-state index in [4.69, 9.17) is 4.74 Å². The second kappa shape index (κ2) is 6.71. The molecule has 2 aromatic carbocycles. The highest BCUT2D eigenvalue weighted by Crippen LogP contribution is 2.24. The van der Waals surface area contributed by atoms with E-state index >= 15 is 0 Å². The van der Waals surface area contributed by atoms with E-state index in [2.05, 4.69) is 10.6 Å². The van der Waals surface area contributed by atoms with E-state index in [1.54, 1.807) is 24.3 Å². The molecule has 0 aliphatic carbocycles. The van der Waals surface area contributed by atoms with E-state index in [0.717, 1.165) is 6.07 Å². The fraction of sp³-hybridized carbons (Fsp3) is 0.125. The van der Waals surface area contributed by atoms with Gasteiger partial charge in [-0.2, -0.15) is 0 Å². The van der Waals surface area contributed by atoms with Gasteiger partial charge in [-0.3, -0.25) is 9.59 Å². The summed E-state index contributed by atoms with van der Waals surface area (Å²) in [5.41, 5.74) is 0.866. The van der Waals surface area contributed by atoms with Crippen LogP contribution in [0.5, 0.6) is 5.75 Å². The summed E-state index contributed by atoms with van der Waals surface area (Å²) in [4.78, 5) is 23.4. The number of rotatable bonds is 4. The summed E-state index contributed by atoms with van der Waals surface area (Å²) in [6, 6.07) is 10.3. The number of benzene rings is 2. The molecule has 5 nitrogen and oxygen atoms in total. The van der Waals surface area contributed by atoms with E-state index < -0.39 is 11.7 Å². The average Bonchev–Trinajstić information content (AvgIpc) is 2.49. The molecule has 2 rings (SSSR count). The summed E-state index contributed by atoms with van der Waals surface area (Å²) in [5.74, 6) is -0.733. The number of carbonyl (C=O) groups excluding carboxylic acids is 2. The van der Waals surface area contributed by atoms with Gasteiger partial charge in [0, 0.05) is 12.5 Å². The summed E-state index contributed by atoms with van der Waals surface area (Å²) in [6.07, 6.45) is 0. The first-order chi connectivity index (χ1) is 10.5. The molecule has 2 N–H and O–H groups in total. The third-order valence-corrected chi connectivity index (χ3v) is 2.87. The fourth-order valence-electron chi connectivity index (χ4n) is 1.88. The second-order valence-electron chi connectivity index (χ2n) is 4.56. The van der Waals surface area contributed by atoms with Crippen LogP contribution in [0.1, 0.15) is 17.3 Å². The van der Waals surface area contributed by atoms with Crippen molar-refractivity contribution in [2.45, 2.75) is 6.92 Å². The van der Waals surface area contributed by atoms with Crippen molar-refractivity contribution in [1.29, 1.82) is 0 Å². The van der Waals surface area contributed by atoms with Gasteiger partial charge in [-0.05, 0) is 36.4 Å².